The highest BCUT2D eigenvalue weighted by Gasteiger charge is 2.73. The predicted molar refractivity (Wildman–Crippen MR) is 114 cm³/mol. The van der Waals surface area contributed by atoms with Crippen molar-refractivity contribution in [1.82, 2.24) is 4.90 Å². The number of alkyl halides is 7. The van der Waals surface area contributed by atoms with E-state index in [1.54, 1.807) is 0 Å². The highest BCUT2D eigenvalue weighted by Crippen LogP contribution is 2.56. The molecule has 13 heteroatoms. The van der Waals surface area contributed by atoms with Crippen LogP contribution in [0.2, 0.25) is 0 Å². The molecule has 0 aromatic heterocycles. The number of carbonyl (C=O) groups excluding carboxylic acids is 1. The Morgan fingerprint density at radius 3 is 2.14 bits per heavy atom. The molecule has 0 spiro atoms. The minimum atomic E-state index is -6.35. The maximum atomic E-state index is 14.7. The molecule has 37 heavy (non-hydrogen) atoms. The van der Waals surface area contributed by atoms with Gasteiger partial charge in [-0.05, 0) is 60.6 Å². The molecule has 1 amide bonds. The number of likely N-dealkylation sites (tertiary alicyclic amines) is 1. The van der Waals surface area contributed by atoms with Gasteiger partial charge in [-0.1, -0.05) is 18.2 Å². The number of nitrogens with zero attached hydrogens (tertiary/aromatic N) is 1. The zero-order valence-corrected chi connectivity index (χ0v) is 19.4. The van der Waals surface area contributed by atoms with Crippen LogP contribution in [0.4, 0.5) is 35.1 Å². The summed E-state index contributed by atoms with van der Waals surface area (Å²) in [5.74, 6) is 0.282. The molecule has 1 fully saturated rings. The van der Waals surface area contributed by atoms with Crippen molar-refractivity contribution < 1.29 is 48.3 Å². The Labute approximate surface area is 206 Å². The molecule has 2 aromatic rings. The first-order valence-corrected chi connectivity index (χ1v) is 12.2. The summed E-state index contributed by atoms with van der Waals surface area (Å²) in [6.45, 7) is -0.173. The topological polar surface area (TPSA) is 54.5 Å². The highest BCUT2D eigenvalue weighted by molar-refractivity contribution is 7.92. The zero-order chi connectivity index (χ0) is 27.6. The average molecular weight is 551 g/mol. The van der Waals surface area contributed by atoms with Gasteiger partial charge >= 0.3 is 18.0 Å². The molecule has 0 N–H and O–H groups in total. The Morgan fingerprint density at radius 1 is 1.00 bits per heavy atom. The quantitative estimate of drug-likeness (QED) is 0.308. The van der Waals surface area contributed by atoms with Crippen LogP contribution in [0.1, 0.15) is 29.5 Å². The van der Waals surface area contributed by atoms with Crippen molar-refractivity contribution in [1.29, 1.82) is 0 Å². The lowest BCUT2D eigenvalue weighted by Gasteiger charge is -2.42. The van der Waals surface area contributed by atoms with E-state index in [2.05, 4.69) is 0 Å². The van der Waals surface area contributed by atoms with Crippen molar-refractivity contribution in [2.45, 2.75) is 53.0 Å². The number of aryl methyl sites for hydroxylation is 1. The van der Waals surface area contributed by atoms with E-state index in [9.17, 15) is 48.3 Å². The van der Waals surface area contributed by atoms with Crippen LogP contribution in [0.25, 0.3) is 0 Å². The highest BCUT2D eigenvalue weighted by atomic mass is 32.2. The molecule has 1 aliphatic carbocycles. The second kappa shape index (κ2) is 8.44. The molecule has 1 saturated heterocycles. The fraction of sp³-hybridized carbons (Fsp3) is 0.375. The second-order valence-corrected chi connectivity index (χ2v) is 11.0. The Balaban J connectivity index is 1.97. The summed E-state index contributed by atoms with van der Waals surface area (Å²) in [4.78, 5) is 13.1. The van der Waals surface area contributed by atoms with Gasteiger partial charge in [-0.2, -0.15) is 26.3 Å². The number of amides is 1. The minimum absolute atomic E-state index is 0.171. The lowest BCUT2D eigenvalue weighted by molar-refractivity contribution is -0.348. The van der Waals surface area contributed by atoms with Crippen LogP contribution >= 0.6 is 0 Å². The van der Waals surface area contributed by atoms with Crippen molar-refractivity contribution in [2.24, 2.45) is 0 Å². The van der Waals surface area contributed by atoms with Gasteiger partial charge in [-0.25, -0.2) is 17.2 Å². The van der Waals surface area contributed by atoms with E-state index in [-0.39, 0.29) is 47.9 Å². The molecular formula is C24H17F8NO3S. The Kier molecular flexibility index (Phi) is 6.14. The lowest BCUT2D eigenvalue weighted by atomic mass is 9.76. The summed E-state index contributed by atoms with van der Waals surface area (Å²) in [6.07, 6.45) is -8.23. The van der Waals surface area contributed by atoms with Crippen molar-refractivity contribution in [3.8, 4) is 12.3 Å². The van der Waals surface area contributed by atoms with E-state index in [4.69, 9.17) is 6.42 Å². The standard InChI is InChI=1S/C24H17F8NO3S/c1-2-20(34)33-12-11-21(37(35,36)17-7-5-16(25)6-8-17)18-9-4-15(13-14(18)3-10-19(21)33)22(26,23(27,28)29)24(30,31)32/h1,4-9,13,19H,3,10-12H2/t19-,21-/m1/s1. The van der Waals surface area contributed by atoms with Gasteiger partial charge in [0.1, 0.15) is 10.6 Å². The third-order valence-electron chi connectivity index (χ3n) is 7.05. The summed E-state index contributed by atoms with van der Waals surface area (Å²) < 4.78 is 134. The number of hydrogen-bond donors (Lipinski definition) is 0. The molecule has 2 aromatic carbocycles. The normalized spacial score (nSPS) is 22.2. The summed E-state index contributed by atoms with van der Waals surface area (Å²) in [5, 5.41) is 0. The zero-order valence-electron chi connectivity index (χ0n) is 18.6. The first-order chi connectivity index (χ1) is 17.0. The maximum absolute atomic E-state index is 14.7. The van der Waals surface area contributed by atoms with Gasteiger partial charge in [0.2, 0.25) is 0 Å². The number of halogens is 8. The number of rotatable bonds is 3. The van der Waals surface area contributed by atoms with Gasteiger partial charge < -0.3 is 4.90 Å². The van der Waals surface area contributed by atoms with E-state index in [1.807, 2.05) is 5.92 Å². The fourth-order valence-electron chi connectivity index (χ4n) is 5.38. The van der Waals surface area contributed by atoms with Gasteiger partial charge in [-0.3, -0.25) is 4.79 Å². The molecule has 4 nitrogen and oxygen atoms in total. The Bertz CT molecular complexity index is 1380. The van der Waals surface area contributed by atoms with E-state index in [0.717, 1.165) is 35.2 Å². The number of terminal acetylenes is 1. The van der Waals surface area contributed by atoms with Gasteiger partial charge in [0.15, 0.2) is 9.84 Å². The van der Waals surface area contributed by atoms with Crippen LogP contribution in [0.15, 0.2) is 47.4 Å². The Hall–Kier alpha value is -3.14. The van der Waals surface area contributed by atoms with E-state index in [0.29, 0.717) is 6.07 Å². The van der Waals surface area contributed by atoms with Gasteiger partial charge in [0.05, 0.1) is 10.9 Å². The van der Waals surface area contributed by atoms with Gasteiger partial charge in [0.25, 0.3) is 5.91 Å². The van der Waals surface area contributed by atoms with E-state index >= 15 is 0 Å². The summed E-state index contributed by atoms with van der Waals surface area (Å²) in [7, 11) is -4.54. The summed E-state index contributed by atoms with van der Waals surface area (Å²) >= 11 is 0. The first-order valence-electron chi connectivity index (χ1n) is 10.8. The number of fused-ring (bicyclic) bond motifs is 3. The van der Waals surface area contributed by atoms with Gasteiger partial charge in [0, 0.05) is 12.1 Å². The van der Waals surface area contributed by atoms with Crippen LogP contribution in [0.3, 0.4) is 0 Å². The van der Waals surface area contributed by atoms with E-state index in [1.165, 1.54) is 0 Å². The van der Waals surface area contributed by atoms with Crippen LogP contribution < -0.4 is 0 Å². The summed E-state index contributed by atoms with van der Waals surface area (Å²) in [6, 6.07) is 3.91. The van der Waals surface area contributed by atoms with Crippen molar-refractivity contribution in [3.63, 3.8) is 0 Å². The fourth-order valence-corrected chi connectivity index (χ4v) is 7.75. The van der Waals surface area contributed by atoms with Crippen molar-refractivity contribution in [3.05, 3.63) is 65.0 Å². The number of sulfone groups is 1. The van der Waals surface area contributed by atoms with Gasteiger partial charge in [-0.15, -0.1) is 6.42 Å². The average Bonchev–Trinajstić information content (AvgIpc) is 3.23. The molecule has 0 unspecified atom stereocenters. The number of benzene rings is 2. The molecule has 1 heterocycles. The Morgan fingerprint density at radius 2 is 1.59 bits per heavy atom. The largest absolute Gasteiger partial charge is 0.435 e. The number of hydrogen-bond acceptors (Lipinski definition) is 3. The molecule has 2 atom stereocenters. The molecule has 0 saturated carbocycles. The van der Waals surface area contributed by atoms with E-state index < -0.39 is 55.9 Å². The molecule has 198 valence electrons. The van der Waals surface area contributed by atoms with Crippen molar-refractivity contribution >= 4 is 15.7 Å². The third-order valence-corrected chi connectivity index (χ3v) is 9.60. The molecule has 1 aliphatic heterocycles. The van der Waals surface area contributed by atoms with Crippen molar-refractivity contribution in [2.75, 3.05) is 6.54 Å². The summed E-state index contributed by atoms with van der Waals surface area (Å²) in [5.41, 5.74) is -7.86. The first kappa shape index (κ1) is 26.9. The third kappa shape index (κ3) is 3.71. The maximum Gasteiger partial charge on any atom is 0.435 e. The lowest BCUT2D eigenvalue weighted by Crippen LogP contribution is -2.53. The predicted octanol–water partition coefficient (Wildman–Crippen LogP) is 4.96. The van der Waals surface area contributed by atoms with Crippen LogP contribution in [-0.4, -0.2) is 44.2 Å². The monoisotopic (exact) mass is 551 g/mol. The van der Waals surface area contributed by atoms with Crippen LogP contribution in [0.5, 0.6) is 0 Å². The minimum Gasteiger partial charge on any atom is -0.327 e. The molecular weight excluding hydrogens is 534 g/mol. The molecule has 0 bridgehead atoms. The second-order valence-electron chi connectivity index (χ2n) is 8.82. The van der Waals surface area contributed by atoms with Crippen LogP contribution in [-0.2, 0) is 31.5 Å². The smallest absolute Gasteiger partial charge is 0.327 e. The van der Waals surface area contributed by atoms with Crippen LogP contribution in [0, 0.1) is 18.2 Å². The molecule has 4 rings (SSSR count). The molecule has 0 radical (unpaired) electrons. The molecule has 2 aliphatic rings. The SMILES string of the molecule is C#CC(=O)N1CC[C@@]2(S(=O)(=O)c3ccc(F)cc3)c3ccc(C(F)(C(F)(F)F)C(F)(F)F)cc3CC[C@@H]12. The number of carbonyl (C=O) groups is 1.